The topological polar surface area (TPSA) is 75.3 Å². The van der Waals surface area contributed by atoms with Crippen molar-refractivity contribution in [1.29, 1.82) is 0 Å². The minimum atomic E-state index is -0.303. The average molecular weight is 277 g/mol. The molecule has 0 fully saturated rings. The zero-order chi connectivity index (χ0) is 14.0. The number of carbonyl (C=O) groups excluding carboxylic acids is 1. The highest BCUT2D eigenvalue weighted by molar-refractivity contribution is 6.31. The first kappa shape index (κ1) is 13.2. The van der Waals surface area contributed by atoms with Gasteiger partial charge in [0.25, 0.3) is 5.91 Å². The van der Waals surface area contributed by atoms with Gasteiger partial charge in [-0.3, -0.25) is 4.79 Å². The predicted octanol–water partition coefficient (Wildman–Crippen LogP) is 3.19. The molecule has 98 valence electrons. The van der Waals surface area contributed by atoms with Crippen LogP contribution in [0.15, 0.2) is 36.4 Å². The Morgan fingerprint density at radius 1 is 1.26 bits per heavy atom. The van der Waals surface area contributed by atoms with Crippen LogP contribution in [0.25, 0.3) is 0 Å². The summed E-state index contributed by atoms with van der Waals surface area (Å²) < 4.78 is 0. The molecule has 0 aliphatic rings. The first-order valence-corrected chi connectivity index (χ1v) is 6.00. The summed E-state index contributed by atoms with van der Waals surface area (Å²) in [5, 5.41) is 12.5. The number of aromatic hydroxyl groups is 1. The zero-order valence-electron chi connectivity index (χ0n) is 10.3. The van der Waals surface area contributed by atoms with Gasteiger partial charge in [0.05, 0.1) is 0 Å². The molecule has 4 N–H and O–H groups in total. The molecule has 5 heteroatoms. The van der Waals surface area contributed by atoms with Gasteiger partial charge < -0.3 is 16.2 Å². The summed E-state index contributed by atoms with van der Waals surface area (Å²) in [7, 11) is 0. The quantitative estimate of drug-likeness (QED) is 0.582. The Balaban J connectivity index is 2.25. The van der Waals surface area contributed by atoms with E-state index in [4.69, 9.17) is 17.3 Å². The number of hydrogen-bond acceptors (Lipinski definition) is 3. The van der Waals surface area contributed by atoms with Gasteiger partial charge in [-0.1, -0.05) is 11.6 Å². The molecular weight excluding hydrogens is 264 g/mol. The molecule has 19 heavy (non-hydrogen) atoms. The normalized spacial score (nSPS) is 10.2. The van der Waals surface area contributed by atoms with E-state index in [9.17, 15) is 9.90 Å². The van der Waals surface area contributed by atoms with E-state index in [0.29, 0.717) is 22.0 Å². The second-order valence-electron chi connectivity index (χ2n) is 4.23. The summed E-state index contributed by atoms with van der Waals surface area (Å²) in [5.41, 5.74) is 7.85. The molecule has 0 aliphatic carbocycles. The van der Waals surface area contributed by atoms with Crippen LogP contribution in [0.3, 0.4) is 0 Å². The molecule has 4 nitrogen and oxygen atoms in total. The van der Waals surface area contributed by atoms with E-state index < -0.39 is 0 Å². The van der Waals surface area contributed by atoms with E-state index in [2.05, 4.69) is 5.32 Å². The maximum atomic E-state index is 12.1. The van der Waals surface area contributed by atoms with Crippen molar-refractivity contribution in [1.82, 2.24) is 0 Å². The fourth-order valence-corrected chi connectivity index (χ4v) is 1.97. The maximum Gasteiger partial charge on any atom is 0.255 e. The molecule has 0 saturated carbocycles. The molecule has 0 aromatic heterocycles. The molecule has 2 aromatic carbocycles. The number of carbonyl (C=O) groups is 1. The second kappa shape index (κ2) is 5.20. The van der Waals surface area contributed by atoms with E-state index in [1.54, 1.807) is 37.3 Å². The third-order valence-corrected chi connectivity index (χ3v) is 2.86. The lowest BCUT2D eigenvalue weighted by Crippen LogP contribution is -2.13. The van der Waals surface area contributed by atoms with E-state index in [1.165, 1.54) is 6.07 Å². The lowest BCUT2D eigenvalue weighted by molar-refractivity contribution is 0.102. The largest absolute Gasteiger partial charge is 0.508 e. The Labute approximate surface area is 115 Å². The Morgan fingerprint density at radius 2 is 2.00 bits per heavy atom. The fourth-order valence-electron chi connectivity index (χ4n) is 1.73. The minimum Gasteiger partial charge on any atom is -0.508 e. The van der Waals surface area contributed by atoms with E-state index in [0.717, 1.165) is 5.56 Å². The average Bonchev–Trinajstić information content (AvgIpc) is 2.31. The third-order valence-electron chi connectivity index (χ3n) is 2.64. The van der Waals surface area contributed by atoms with E-state index >= 15 is 0 Å². The number of nitrogens with two attached hydrogens (primary N) is 1. The van der Waals surface area contributed by atoms with Crippen LogP contribution in [-0.4, -0.2) is 11.0 Å². The van der Waals surface area contributed by atoms with Gasteiger partial charge in [-0.05, 0) is 48.9 Å². The van der Waals surface area contributed by atoms with Crippen LogP contribution in [-0.2, 0) is 0 Å². The number of aryl methyl sites for hydroxylation is 1. The SMILES string of the molecule is Cc1cc(O)ccc1NC(=O)c1cc(N)cc(Cl)c1. The number of nitrogens with one attached hydrogen (secondary N) is 1. The number of rotatable bonds is 2. The summed E-state index contributed by atoms with van der Waals surface area (Å²) in [4.78, 5) is 12.1. The summed E-state index contributed by atoms with van der Waals surface area (Å²) in [6.07, 6.45) is 0. The van der Waals surface area contributed by atoms with Crippen LogP contribution in [0.1, 0.15) is 15.9 Å². The minimum absolute atomic E-state index is 0.155. The molecule has 0 aliphatic heterocycles. The van der Waals surface area contributed by atoms with Crippen molar-refractivity contribution in [2.75, 3.05) is 11.1 Å². The van der Waals surface area contributed by atoms with Gasteiger partial charge in [0, 0.05) is 22.0 Å². The van der Waals surface area contributed by atoms with Gasteiger partial charge in [0.2, 0.25) is 0 Å². The summed E-state index contributed by atoms with van der Waals surface area (Å²) in [6, 6.07) is 9.39. The molecule has 0 unspecified atom stereocenters. The monoisotopic (exact) mass is 276 g/mol. The number of phenols is 1. The molecule has 0 spiro atoms. The Kier molecular flexibility index (Phi) is 3.62. The number of nitrogen functional groups attached to an aromatic ring is 1. The first-order valence-electron chi connectivity index (χ1n) is 5.63. The van der Waals surface area contributed by atoms with Crippen LogP contribution in [0.4, 0.5) is 11.4 Å². The van der Waals surface area contributed by atoms with Crippen LogP contribution in [0.2, 0.25) is 5.02 Å². The molecule has 2 aromatic rings. The number of phenolic OH excluding ortho intramolecular Hbond substituents is 1. The van der Waals surface area contributed by atoms with Crippen molar-refractivity contribution in [3.8, 4) is 5.75 Å². The molecule has 0 saturated heterocycles. The highest BCUT2D eigenvalue weighted by atomic mass is 35.5. The molecule has 0 heterocycles. The third kappa shape index (κ3) is 3.17. The predicted molar refractivity (Wildman–Crippen MR) is 76.7 cm³/mol. The van der Waals surface area contributed by atoms with Crippen LogP contribution < -0.4 is 11.1 Å². The highest BCUT2D eigenvalue weighted by Gasteiger charge is 2.09. The Hall–Kier alpha value is -2.20. The van der Waals surface area contributed by atoms with E-state index in [-0.39, 0.29) is 11.7 Å². The molecule has 2 rings (SSSR count). The molecule has 0 radical (unpaired) electrons. The van der Waals surface area contributed by atoms with Crippen molar-refractivity contribution in [3.05, 3.63) is 52.5 Å². The van der Waals surface area contributed by atoms with Gasteiger partial charge in [-0.15, -0.1) is 0 Å². The standard InChI is InChI=1S/C14H13ClN2O2/c1-8-4-12(18)2-3-13(8)17-14(19)9-5-10(15)7-11(16)6-9/h2-7,18H,16H2,1H3,(H,17,19). The number of hydrogen-bond donors (Lipinski definition) is 3. The van der Waals surface area contributed by atoms with Crippen LogP contribution >= 0.6 is 11.6 Å². The first-order chi connectivity index (χ1) is 8.95. The van der Waals surface area contributed by atoms with E-state index in [1.807, 2.05) is 0 Å². The van der Waals surface area contributed by atoms with Gasteiger partial charge in [-0.2, -0.15) is 0 Å². The van der Waals surface area contributed by atoms with Crippen molar-refractivity contribution in [3.63, 3.8) is 0 Å². The van der Waals surface area contributed by atoms with Crippen LogP contribution in [0, 0.1) is 6.92 Å². The van der Waals surface area contributed by atoms with Crippen molar-refractivity contribution < 1.29 is 9.90 Å². The number of benzene rings is 2. The summed E-state index contributed by atoms with van der Waals surface area (Å²) in [5.74, 6) is -0.148. The van der Waals surface area contributed by atoms with Crippen molar-refractivity contribution in [2.24, 2.45) is 0 Å². The molecule has 0 bridgehead atoms. The zero-order valence-corrected chi connectivity index (χ0v) is 11.0. The van der Waals surface area contributed by atoms with Gasteiger partial charge in [0.1, 0.15) is 5.75 Å². The lowest BCUT2D eigenvalue weighted by Gasteiger charge is -2.09. The Bertz CT molecular complexity index is 621. The second-order valence-corrected chi connectivity index (χ2v) is 4.66. The summed E-state index contributed by atoms with van der Waals surface area (Å²) in [6.45, 7) is 1.79. The molecule has 0 atom stereocenters. The molecular formula is C14H13ClN2O2. The maximum absolute atomic E-state index is 12.1. The van der Waals surface area contributed by atoms with Crippen molar-refractivity contribution in [2.45, 2.75) is 6.92 Å². The van der Waals surface area contributed by atoms with Gasteiger partial charge >= 0.3 is 0 Å². The number of halogens is 1. The fraction of sp³-hybridized carbons (Fsp3) is 0.0714. The smallest absolute Gasteiger partial charge is 0.255 e. The van der Waals surface area contributed by atoms with Gasteiger partial charge in [0.15, 0.2) is 0 Å². The number of anilines is 2. The lowest BCUT2D eigenvalue weighted by atomic mass is 10.1. The summed E-state index contributed by atoms with van der Waals surface area (Å²) >= 11 is 5.86. The highest BCUT2D eigenvalue weighted by Crippen LogP contribution is 2.22. The van der Waals surface area contributed by atoms with Gasteiger partial charge in [-0.25, -0.2) is 0 Å². The molecule has 1 amide bonds. The van der Waals surface area contributed by atoms with Crippen LogP contribution in [0.5, 0.6) is 5.75 Å². The Morgan fingerprint density at radius 3 is 2.63 bits per heavy atom. The van der Waals surface area contributed by atoms with Crippen molar-refractivity contribution >= 4 is 28.9 Å². The number of amides is 1.